The van der Waals surface area contributed by atoms with Gasteiger partial charge in [-0.05, 0) is 12.1 Å². The maximum absolute atomic E-state index is 9.77. The molecule has 0 unspecified atom stereocenters. The molecule has 0 saturated carbocycles. The van der Waals surface area contributed by atoms with Crippen molar-refractivity contribution in [3.63, 3.8) is 0 Å². The normalized spacial score (nSPS) is 9.83. The van der Waals surface area contributed by atoms with Gasteiger partial charge in [-0.25, -0.2) is 8.42 Å². The third kappa shape index (κ3) is 9.39. The summed E-state index contributed by atoms with van der Waals surface area (Å²) in [5, 5.41) is 0. The molecule has 0 radical (unpaired) electrons. The summed E-state index contributed by atoms with van der Waals surface area (Å²) in [5.74, 6) is 0.00849. The van der Waals surface area contributed by atoms with Gasteiger partial charge >= 0.3 is 0 Å². The first-order valence-electron chi connectivity index (χ1n) is 3.33. The predicted octanol–water partition coefficient (Wildman–Crippen LogP) is 1.66. The van der Waals surface area contributed by atoms with Gasteiger partial charge in [0.2, 0.25) is 9.05 Å². The van der Waals surface area contributed by atoms with E-state index in [9.17, 15) is 8.42 Å². The molecule has 0 atom stereocenters. The van der Waals surface area contributed by atoms with Gasteiger partial charge < -0.3 is 0 Å². The predicted molar refractivity (Wildman–Crippen MR) is 49.6 cm³/mol. The van der Waals surface area contributed by atoms with Gasteiger partial charge in [0.1, 0.15) is 0 Å². The van der Waals surface area contributed by atoms with Crippen molar-refractivity contribution in [1.82, 2.24) is 4.98 Å². The highest BCUT2D eigenvalue weighted by Gasteiger charge is 1.94. The van der Waals surface area contributed by atoms with E-state index in [2.05, 4.69) is 15.7 Å². The molecule has 1 rings (SSSR count). The molecule has 0 saturated heterocycles. The second-order valence-corrected chi connectivity index (χ2v) is 4.92. The summed E-state index contributed by atoms with van der Waals surface area (Å²) < 4.78 is 19.5. The minimum atomic E-state index is -3.19. The van der Waals surface area contributed by atoms with E-state index < -0.39 is 9.05 Å². The van der Waals surface area contributed by atoms with Gasteiger partial charge in [0.05, 0.1) is 5.75 Å². The van der Waals surface area contributed by atoms with E-state index in [0.717, 1.165) is 0 Å². The number of hydrogen-bond acceptors (Lipinski definition) is 3. The zero-order valence-electron chi connectivity index (χ0n) is 6.64. The molecule has 1 aromatic heterocycles. The van der Waals surface area contributed by atoms with E-state index >= 15 is 0 Å². The van der Waals surface area contributed by atoms with Gasteiger partial charge in [-0.1, -0.05) is 13.0 Å². The zero-order chi connectivity index (χ0) is 9.45. The third-order valence-corrected chi connectivity index (χ3v) is 2.26. The molecular formula is C7H10ClNO2S. The Labute approximate surface area is 76.8 Å². The molecule has 0 aromatic carbocycles. The van der Waals surface area contributed by atoms with E-state index in [0.29, 0.717) is 0 Å². The van der Waals surface area contributed by atoms with E-state index in [1.807, 2.05) is 18.2 Å². The van der Waals surface area contributed by atoms with Crippen LogP contribution in [0.2, 0.25) is 0 Å². The second kappa shape index (κ2) is 5.97. The van der Waals surface area contributed by atoms with E-state index in [-0.39, 0.29) is 5.75 Å². The van der Waals surface area contributed by atoms with Crippen molar-refractivity contribution in [1.29, 1.82) is 0 Å². The van der Waals surface area contributed by atoms with Gasteiger partial charge in [-0.2, -0.15) is 0 Å². The number of pyridine rings is 1. The fourth-order valence-electron chi connectivity index (χ4n) is 0.313. The van der Waals surface area contributed by atoms with Crippen LogP contribution in [0.15, 0.2) is 30.6 Å². The first kappa shape index (κ1) is 11.4. The molecular weight excluding hydrogens is 198 g/mol. The molecule has 0 bridgehead atoms. The molecule has 68 valence electrons. The van der Waals surface area contributed by atoms with Crippen LogP contribution in [0.3, 0.4) is 0 Å². The van der Waals surface area contributed by atoms with Gasteiger partial charge in [0, 0.05) is 23.1 Å². The van der Waals surface area contributed by atoms with E-state index in [4.69, 9.17) is 0 Å². The van der Waals surface area contributed by atoms with E-state index in [1.165, 1.54) is 6.92 Å². The quantitative estimate of drug-likeness (QED) is 0.658. The largest absolute Gasteiger partial charge is 0.265 e. The Morgan fingerprint density at radius 2 is 1.67 bits per heavy atom. The molecule has 0 aliphatic heterocycles. The summed E-state index contributed by atoms with van der Waals surface area (Å²) in [6.07, 6.45) is 3.50. The van der Waals surface area contributed by atoms with E-state index in [1.54, 1.807) is 12.4 Å². The first-order chi connectivity index (χ1) is 5.56. The van der Waals surface area contributed by atoms with Crippen LogP contribution < -0.4 is 0 Å². The number of nitrogens with zero attached hydrogens (tertiary/aromatic N) is 1. The first-order valence-corrected chi connectivity index (χ1v) is 5.81. The summed E-state index contributed by atoms with van der Waals surface area (Å²) in [6.45, 7) is 1.49. The Kier molecular flexibility index (Phi) is 5.66. The van der Waals surface area contributed by atoms with Crippen molar-refractivity contribution in [2.45, 2.75) is 6.92 Å². The fourth-order valence-corrected chi connectivity index (χ4v) is 0.313. The molecule has 0 spiro atoms. The number of hydrogen-bond donors (Lipinski definition) is 0. The van der Waals surface area contributed by atoms with Crippen molar-refractivity contribution in [2.75, 3.05) is 5.75 Å². The lowest BCUT2D eigenvalue weighted by molar-refractivity contribution is 0.610. The average Bonchev–Trinajstić information content (AvgIpc) is 2.07. The highest BCUT2D eigenvalue weighted by atomic mass is 35.7. The smallest absolute Gasteiger partial charge is 0.232 e. The summed E-state index contributed by atoms with van der Waals surface area (Å²) >= 11 is 0. The van der Waals surface area contributed by atoms with Gasteiger partial charge in [-0.3, -0.25) is 4.98 Å². The molecule has 1 aromatic rings. The molecule has 0 N–H and O–H groups in total. The lowest BCUT2D eigenvalue weighted by Gasteiger charge is -1.77. The lowest BCUT2D eigenvalue weighted by atomic mass is 10.5. The van der Waals surface area contributed by atoms with Crippen LogP contribution in [0, 0.1) is 0 Å². The highest BCUT2D eigenvalue weighted by Crippen LogP contribution is 1.91. The monoisotopic (exact) mass is 207 g/mol. The molecule has 0 aliphatic rings. The highest BCUT2D eigenvalue weighted by molar-refractivity contribution is 8.13. The topological polar surface area (TPSA) is 47.0 Å². The third-order valence-electron chi connectivity index (χ3n) is 0.911. The molecule has 5 heteroatoms. The average molecular weight is 208 g/mol. The summed E-state index contributed by atoms with van der Waals surface area (Å²) in [7, 11) is 1.50. The van der Waals surface area contributed by atoms with Crippen LogP contribution in [-0.4, -0.2) is 19.2 Å². The molecule has 0 amide bonds. The minimum Gasteiger partial charge on any atom is -0.265 e. The molecule has 0 aliphatic carbocycles. The van der Waals surface area contributed by atoms with Crippen LogP contribution >= 0.6 is 10.7 Å². The Morgan fingerprint density at radius 1 is 1.25 bits per heavy atom. The maximum Gasteiger partial charge on any atom is 0.232 e. The molecule has 12 heavy (non-hydrogen) atoms. The van der Waals surface area contributed by atoms with Crippen molar-refractivity contribution >= 4 is 19.7 Å². The summed E-state index contributed by atoms with van der Waals surface area (Å²) in [6, 6.07) is 5.72. The van der Waals surface area contributed by atoms with Crippen molar-refractivity contribution in [3.05, 3.63) is 30.6 Å². The Balaban J connectivity index is 0.000000202. The Bertz CT molecular complexity index is 259. The number of rotatable bonds is 1. The Morgan fingerprint density at radius 3 is 1.75 bits per heavy atom. The van der Waals surface area contributed by atoms with Gasteiger partial charge in [-0.15, -0.1) is 0 Å². The van der Waals surface area contributed by atoms with Crippen LogP contribution in [0.1, 0.15) is 6.92 Å². The minimum absolute atomic E-state index is 0.00849. The van der Waals surface area contributed by atoms with Crippen LogP contribution in [-0.2, 0) is 9.05 Å². The van der Waals surface area contributed by atoms with Crippen LogP contribution in [0.4, 0.5) is 0 Å². The fraction of sp³-hybridized carbons (Fsp3) is 0.286. The van der Waals surface area contributed by atoms with Crippen molar-refractivity contribution in [3.8, 4) is 0 Å². The molecule has 1 heterocycles. The molecule has 0 fully saturated rings. The zero-order valence-corrected chi connectivity index (χ0v) is 8.22. The van der Waals surface area contributed by atoms with Crippen LogP contribution in [0.25, 0.3) is 0 Å². The van der Waals surface area contributed by atoms with Crippen molar-refractivity contribution < 1.29 is 8.42 Å². The second-order valence-electron chi connectivity index (χ2n) is 1.85. The number of halogens is 1. The maximum atomic E-state index is 9.77. The van der Waals surface area contributed by atoms with Crippen LogP contribution in [0.5, 0.6) is 0 Å². The Hall–Kier alpha value is -0.610. The van der Waals surface area contributed by atoms with Gasteiger partial charge in [0.15, 0.2) is 0 Å². The molecule has 3 nitrogen and oxygen atoms in total. The standard InChI is InChI=1S/C5H5N.C2H5ClO2S/c1-2-4-6-5-3-1;1-2-6(3,4)5/h1-5H;2H2,1H3. The number of aromatic nitrogens is 1. The summed E-state index contributed by atoms with van der Waals surface area (Å²) in [5.41, 5.74) is 0. The SMILES string of the molecule is CCS(=O)(=O)Cl.c1ccncc1. The summed E-state index contributed by atoms with van der Waals surface area (Å²) in [4.78, 5) is 3.78. The van der Waals surface area contributed by atoms with Crippen molar-refractivity contribution in [2.24, 2.45) is 0 Å². The van der Waals surface area contributed by atoms with Gasteiger partial charge in [0.25, 0.3) is 0 Å². The lowest BCUT2D eigenvalue weighted by Crippen LogP contribution is -1.88.